The van der Waals surface area contributed by atoms with E-state index in [0.717, 1.165) is 38.5 Å². The molecule has 10 atom stereocenters. The van der Waals surface area contributed by atoms with Crippen molar-refractivity contribution < 1.29 is 20.1 Å². The number of aliphatic hydroxyl groups excluding tert-OH is 2. The molecule has 0 aromatic rings. The van der Waals surface area contributed by atoms with Crippen molar-refractivity contribution in [2.75, 3.05) is 0 Å². The fourth-order valence-corrected chi connectivity index (χ4v) is 8.71. The first-order valence-electron chi connectivity index (χ1n) is 11.8. The van der Waals surface area contributed by atoms with Crippen molar-refractivity contribution in [3.05, 3.63) is 0 Å². The molecule has 4 nitrogen and oxygen atoms in total. The predicted octanol–water partition coefficient (Wildman–Crippen LogP) is 4.48. The van der Waals surface area contributed by atoms with E-state index in [1.54, 1.807) is 0 Å². The number of fused-ring (bicyclic) bond motifs is 5. The molecule has 28 heavy (non-hydrogen) atoms. The molecule has 0 aromatic heterocycles. The highest BCUT2D eigenvalue weighted by Gasteiger charge is 2.63. The third kappa shape index (κ3) is 3.05. The Bertz CT molecular complexity index is 605. The summed E-state index contributed by atoms with van der Waals surface area (Å²) in [5.41, 5.74) is 0.216. The quantitative estimate of drug-likeness (QED) is 0.659. The molecular formula is C24H40O4. The normalized spacial score (nSPS) is 51.7. The Kier molecular flexibility index (Phi) is 5.36. The van der Waals surface area contributed by atoms with Crippen LogP contribution in [0.25, 0.3) is 0 Å². The van der Waals surface area contributed by atoms with E-state index in [9.17, 15) is 15.0 Å². The zero-order valence-electron chi connectivity index (χ0n) is 17.9. The molecule has 4 unspecified atom stereocenters. The average Bonchev–Trinajstić information content (AvgIpc) is 3.00. The van der Waals surface area contributed by atoms with Gasteiger partial charge in [0.2, 0.25) is 0 Å². The Hall–Kier alpha value is -0.610. The highest BCUT2D eigenvalue weighted by Crippen LogP contribution is 2.68. The fourth-order valence-electron chi connectivity index (χ4n) is 8.71. The molecule has 3 N–H and O–H groups in total. The molecule has 0 spiro atoms. The minimum atomic E-state index is -0.707. The molecule has 4 aliphatic carbocycles. The van der Waals surface area contributed by atoms with Crippen LogP contribution in [-0.4, -0.2) is 33.5 Å². The van der Waals surface area contributed by atoms with Gasteiger partial charge in [0.15, 0.2) is 0 Å². The summed E-state index contributed by atoms with van der Waals surface area (Å²) < 4.78 is 0. The third-order valence-corrected chi connectivity index (χ3v) is 10.3. The van der Waals surface area contributed by atoms with E-state index in [1.807, 2.05) is 0 Å². The third-order valence-electron chi connectivity index (χ3n) is 10.3. The Labute approximate surface area is 170 Å². The van der Waals surface area contributed by atoms with Crippen molar-refractivity contribution in [3.8, 4) is 0 Å². The van der Waals surface area contributed by atoms with Gasteiger partial charge in [0.05, 0.1) is 12.2 Å². The van der Waals surface area contributed by atoms with Crippen molar-refractivity contribution in [3.63, 3.8) is 0 Å². The zero-order valence-corrected chi connectivity index (χ0v) is 17.9. The van der Waals surface area contributed by atoms with Gasteiger partial charge in [0.1, 0.15) is 0 Å². The summed E-state index contributed by atoms with van der Waals surface area (Å²) in [6, 6.07) is 0. The Morgan fingerprint density at radius 1 is 1.04 bits per heavy atom. The second-order valence-electron chi connectivity index (χ2n) is 11.3. The summed E-state index contributed by atoms with van der Waals surface area (Å²) in [7, 11) is 0. The van der Waals surface area contributed by atoms with Gasteiger partial charge in [-0.3, -0.25) is 4.79 Å². The molecule has 0 radical (unpaired) electrons. The lowest BCUT2D eigenvalue weighted by Gasteiger charge is -2.62. The van der Waals surface area contributed by atoms with E-state index in [-0.39, 0.29) is 29.5 Å². The maximum absolute atomic E-state index is 11.5. The molecule has 4 rings (SSSR count). The molecule has 0 aromatic carbocycles. The highest BCUT2D eigenvalue weighted by atomic mass is 16.4. The van der Waals surface area contributed by atoms with Crippen LogP contribution in [0.2, 0.25) is 0 Å². The molecule has 160 valence electrons. The number of rotatable bonds is 4. The predicted molar refractivity (Wildman–Crippen MR) is 109 cm³/mol. The molecule has 4 heteroatoms. The fraction of sp³-hybridized carbons (Fsp3) is 0.958. The van der Waals surface area contributed by atoms with Crippen molar-refractivity contribution in [1.29, 1.82) is 0 Å². The van der Waals surface area contributed by atoms with Gasteiger partial charge in [-0.05, 0) is 104 Å². The van der Waals surface area contributed by atoms with Crippen LogP contribution < -0.4 is 0 Å². The minimum Gasteiger partial charge on any atom is -0.481 e. The number of carbonyl (C=O) groups is 1. The van der Waals surface area contributed by atoms with Gasteiger partial charge < -0.3 is 15.3 Å². The zero-order chi connectivity index (χ0) is 20.3. The maximum atomic E-state index is 11.5. The van der Waals surface area contributed by atoms with Crippen molar-refractivity contribution in [2.24, 2.45) is 46.3 Å². The molecule has 0 amide bonds. The van der Waals surface area contributed by atoms with Crippen LogP contribution >= 0.6 is 0 Å². The molecule has 0 aliphatic heterocycles. The lowest BCUT2D eigenvalue weighted by Crippen LogP contribution is -2.58. The van der Waals surface area contributed by atoms with Gasteiger partial charge in [0.25, 0.3) is 0 Å². The van der Waals surface area contributed by atoms with E-state index in [4.69, 9.17) is 5.11 Å². The van der Waals surface area contributed by atoms with Gasteiger partial charge in [-0.15, -0.1) is 0 Å². The SMILES string of the molecule is C[C@H](CCC(=O)O)C1CCC2C3CC[C@@H]4C[C@H](O)CC[C@]4(C)C3C[C@H](O)[C@@]21C. The Morgan fingerprint density at radius 3 is 2.50 bits per heavy atom. The van der Waals surface area contributed by atoms with Crippen LogP contribution in [0.15, 0.2) is 0 Å². The summed E-state index contributed by atoms with van der Waals surface area (Å²) in [4.78, 5) is 11.1. The first kappa shape index (κ1) is 20.7. The van der Waals surface area contributed by atoms with E-state index in [2.05, 4.69) is 20.8 Å². The topological polar surface area (TPSA) is 77.8 Å². The summed E-state index contributed by atoms with van der Waals surface area (Å²) >= 11 is 0. The number of carboxylic acid groups (broad SMARTS) is 1. The second-order valence-corrected chi connectivity index (χ2v) is 11.3. The number of hydrogen-bond acceptors (Lipinski definition) is 3. The largest absolute Gasteiger partial charge is 0.481 e. The Balaban J connectivity index is 1.56. The summed E-state index contributed by atoms with van der Waals surface area (Å²) in [6.45, 7) is 6.99. The minimum absolute atomic E-state index is 0.0591. The first-order chi connectivity index (χ1) is 13.2. The van der Waals surface area contributed by atoms with Crippen LogP contribution in [0.4, 0.5) is 0 Å². The van der Waals surface area contributed by atoms with Crippen LogP contribution in [0.1, 0.15) is 85.0 Å². The van der Waals surface area contributed by atoms with E-state index in [0.29, 0.717) is 35.5 Å². The van der Waals surface area contributed by atoms with E-state index in [1.165, 1.54) is 19.3 Å². The van der Waals surface area contributed by atoms with Gasteiger partial charge in [0, 0.05) is 6.42 Å². The van der Waals surface area contributed by atoms with Crippen LogP contribution in [0, 0.1) is 46.3 Å². The van der Waals surface area contributed by atoms with Crippen LogP contribution in [-0.2, 0) is 4.79 Å². The van der Waals surface area contributed by atoms with Gasteiger partial charge in [-0.2, -0.15) is 0 Å². The average molecular weight is 393 g/mol. The molecule has 0 saturated heterocycles. The monoisotopic (exact) mass is 392 g/mol. The highest BCUT2D eigenvalue weighted by molar-refractivity contribution is 5.66. The van der Waals surface area contributed by atoms with Gasteiger partial charge >= 0.3 is 5.97 Å². The molecule has 4 fully saturated rings. The van der Waals surface area contributed by atoms with Crippen LogP contribution in [0.3, 0.4) is 0 Å². The number of carboxylic acids is 1. The van der Waals surface area contributed by atoms with Crippen molar-refractivity contribution >= 4 is 5.97 Å². The van der Waals surface area contributed by atoms with Crippen molar-refractivity contribution in [1.82, 2.24) is 0 Å². The number of hydrogen-bond donors (Lipinski definition) is 3. The smallest absolute Gasteiger partial charge is 0.303 e. The van der Waals surface area contributed by atoms with Gasteiger partial charge in [-0.1, -0.05) is 20.8 Å². The standard InChI is InChI=1S/C24H40O4/c1-14(4-9-22(27)28)18-7-8-19-17-6-5-15-12-16(25)10-11-23(15,2)20(17)13-21(26)24(18,19)3/h14-21,25-26H,4-13H2,1-3H3,(H,27,28)/t14-,15-,16-,17?,18?,19?,20?,21+,23+,24-/m1/s1. The van der Waals surface area contributed by atoms with Crippen molar-refractivity contribution in [2.45, 2.75) is 97.2 Å². The summed E-state index contributed by atoms with van der Waals surface area (Å²) in [5, 5.41) is 30.8. The van der Waals surface area contributed by atoms with E-state index < -0.39 is 5.97 Å². The first-order valence-corrected chi connectivity index (χ1v) is 11.8. The van der Waals surface area contributed by atoms with Gasteiger partial charge in [-0.25, -0.2) is 0 Å². The molecule has 4 saturated carbocycles. The number of aliphatic hydroxyl groups is 2. The summed E-state index contributed by atoms with van der Waals surface area (Å²) in [5.74, 6) is 2.55. The Morgan fingerprint density at radius 2 is 1.79 bits per heavy atom. The summed E-state index contributed by atoms with van der Waals surface area (Å²) in [6.07, 6.45) is 9.26. The molecule has 0 bridgehead atoms. The van der Waals surface area contributed by atoms with Crippen LogP contribution in [0.5, 0.6) is 0 Å². The molecule has 4 aliphatic rings. The maximum Gasteiger partial charge on any atom is 0.303 e. The van der Waals surface area contributed by atoms with E-state index >= 15 is 0 Å². The lowest BCUT2D eigenvalue weighted by molar-refractivity contribution is -0.175. The lowest BCUT2D eigenvalue weighted by atomic mass is 9.43. The number of aliphatic carboxylic acids is 1. The molecular weight excluding hydrogens is 352 g/mol. The second kappa shape index (κ2) is 7.27. The molecule has 0 heterocycles.